The fraction of sp³-hybridized carbons (Fsp3) is 0.714. The number of esters is 1. The summed E-state index contributed by atoms with van der Waals surface area (Å²) in [5.41, 5.74) is 0.859. The molecule has 8 heteroatoms. The first-order chi connectivity index (χ1) is 13.8. The number of ether oxygens (including phenoxy) is 2. The molecule has 0 saturated carbocycles. The Morgan fingerprint density at radius 2 is 1.86 bits per heavy atom. The van der Waals surface area contributed by atoms with Crippen LogP contribution in [0, 0.1) is 5.92 Å². The van der Waals surface area contributed by atoms with Gasteiger partial charge in [-0.1, -0.05) is 0 Å². The number of amides is 1. The average Bonchev–Trinajstić information content (AvgIpc) is 3.33. The van der Waals surface area contributed by atoms with Gasteiger partial charge in [0.1, 0.15) is 12.2 Å². The van der Waals surface area contributed by atoms with Crippen LogP contribution in [0.25, 0.3) is 0 Å². The van der Waals surface area contributed by atoms with Gasteiger partial charge in [-0.3, -0.25) is 14.6 Å². The second kappa shape index (κ2) is 9.91. The van der Waals surface area contributed by atoms with Crippen LogP contribution in [0.5, 0.6) is 0 Å². The molecule has 29 heavy (non-hydrogen) atoms. The van der Waals surface area contributed by atoms with E-state index in [2.05, 4.69) is 26.6 Å². The van der Waals surface area contributed by atoms with Gasteiger partial charge in [-0.2, -0.15) is 11.3 Å². The molecule has 0 aromatic carbocycles. The van der Waals surface area contributed by atoms with E-state index in [0.717, 1.165) is 39.3 Å². The van der Waals surface area contributed by atoms with E-state index in [-0.39, 0.29) is 18.0 Å². The lowest BCUT2D eigenvalue weighted by atomic mass is 10.1. The van der Waals surface area contributed by atoms with Crippen molar-refractivity contribution >= 4 is 23.4 Å². The molecule has 162 valence electrons. The Bertz CT molecular complexity index is 666. The van der Waals surface area contributed by atoms with E-state index in [1.54, 1.807) is 16.2 Å². The first-order valence-electron chi connectivity index (χ1n) is 10.4. The summed E-state index contributed by atoms with van der Waals surface area (Å²) in [6, 6.07) is 2.18. The highest BCUT2D eigenvalue weighted by atomic mass is 32.1. The van der Waals surface area contributed by atoms with Crippen molar-refractivity contribution in [1.82, 2.24) is 14.7 Å². The molecule has 3 heterocycles. The molecule has 2 aliphatic heterocycles. The number of nitrogens with zero attached hydrogens (tertiary/aromatic N) is 3. The fourth-order valence-corrected chi connectivity index (χ4v) is 4.31. The van der Waals surface area contributed by atoms with Gasteiger partial charge < -0.3 is 14.4 Å². The lowest BCUT2D eigenvalue weighted by Gasteiger charge is -2.34. The summed E-state index contributed by atoms with van der Waals surface area (Å²) in [4.78, 5) is 30.9. The lowest BCUT2D eigenvalue weighted by molar-refractivity contribution is -0.148. The molecule has 0 N–H and O–H groups in total. The van der Waals surface area contributed by atoms with Crippen LogP contribution in [-0.4, -0.2) is 84.8 Å². The van der Waals surface area contributed by atoms with Crippen molar-refractivity contribution in [3.63, 3.8) is 0 Å². The summed E-state index contributed by atoms with van der Waals surface area (Å²) in [7, 11) is 0. The zero-order valence-electron chi connectivity index (χ0n) is 17.8. The zero-order valence-corrected chi connectivity index (χ0v) is 18.6. The molecule has 0 bridgehead atoms. The van der Waals surface area contributed by atoms with E-state index in [1.807, 2.05) is 20.8 Å². The van der Waals surface area contributed by atoms with Gasteiger partial charge in [0, 0.05) is 52.4 Å². The van der Waals surface area contributed by atoms with Crippen LogP contribution in [0.1, 0.15) is 32.8 Å². The van der Waals surface area contributed by atoms with Gasteiger partial charge in [0.05, 0.1) is 5.92 Å². The number of thiophene rings is 1. The number of carbonyl (C=O) groups is 2. The molecule has 1 amide bonds. The van der Waals surface area contributed by atoms with Crippen LogP contribution in [0.4, 0.5) is 4.79 Å². The third kappa shape index (κ3) is 6.97. The Balaban J connectivity index is 1.30. The van der Waals surface area contributed by atoms with Gasteiger partial charge in [0.25, 0.3) is 0 Å². The molecule has 3 rings (SSSR count). The monoisotopic (exact) mass is 423 g/mol. The molecular formula is C21H33N3O4S. The third-order valence-electron chi connectivity index (χ3n) is 5.28. The third-order valence-corrected chi connectivity index (χ3v) is 6.01. The van der Waals surface area contributed by atoms with Crippen molar-refractivity contribution in [2.24, 2.45) is 5.92 Å². The van der Waals surface area contributed by atoms with E-state index in [4.69, 9.17) is 9.47 Å². The molecule has 1 atom stereocenters. The van der Waals surface area contributed by atoms with Crippen molar-refractivity contribution in [3.05, 3.63) is 22.4 Å². The molecule has 0 aliphatic carbocycles. The van der Waals surface area contributed by atoms with Crippen LogP contribution < -0.4 is 0 Å². The molecule has 2 saturated heterocycles. The van der Waals surface area contributed by atoms with Gasteiger partial charge in [-0.15, -0.1) is 0 Å². The second-order valence-electron chi connectivity index (χ2n) is 8.83. The Morgan fingerprint density at radius 3 is 2.52 bits per heavy atom. The van der Waals surface area contributed by atoms with Gasteiger partial charge >= 0.3 is 12.1 Å². The quantitative estimate of drug-likeness (QED) is 0.656. The van der Waals surface area contributed by atoms with Crippen LogP contribution >= 0.6 is 11.3 Å². The van der Waals surface area contributed by atoms with E-state index in [0.29, 0.717) is 26.1 Å². The van der Waals surface area contributed by atoms with E-state index < -0.39 is 5.60 Å². The molecule has 1 aromatic rings. The molecule has 0 radical (unpaired) electrons. The largest absolute Gasteiger partial charge is 0.464 e. The summed E-state index contributed by atoms with van der Waals surface area (Å²) in [5.74, 6) is -0.447. The normalized spacial score (nSPS) is 21.3. The van der Waals surface area contributed by atoms with E-state index >= 15 is 0 Å². The standard InChI is InChI=1S/C21H33N3O4S/c1-21(2,3)28-20(26)24-6-4-18(15-24)19(25)27-12-11-22-7-9-23(10-8-22)14-17-5-13-29-16-17/h5,13,16,18H,4,6-12,14-15H2,1-3H3. The van der Waals surface area contributed by atoms with Crippen molar-refractivity contribution in [2.75, 3.05) is 52.4 Å². The summed E-state index contributed by atoms with van der Waals surface area (Å²) >= 11 is 1.74. The van der Waals surface area contributed by atoms with Crippen molar-refractivity contribution in [3.8, 4) is 0 Å². The smallest absolute Gasteiger partial charge is 0.410 e. The first kappa shape index (κ1) is 22.1. The van der Waals surface area contributed by atoms with Crippen molar-refractivity contribution in [2.45, 2.75) is 39.3 Å². The Morgan fingerprint density at radius 1 is 1.14 bits per heavy atom. The number of likely N-dealkylation sites (tertiary alicyclic amines) is 1. The lowest BCUT2D eigenvalue weighted by Crippen LogP contribution is -2.46. The zero-order chi connectivity index (χ0) is 20.9. The first-order valence-corrected chi connectivity index (χ1v) is 11.3. The SMILES string of the molecule is CC(C)(C)OC(=O)N1CCC(C(=O)OCCN2CCN(Cc3ccsc3)CC2)C1. The highest BCUT2D eigenvalue weighted by Crippen LogP contribution is 2.20. The molecule has 0 spiro atoms. The second-order valence-corrected chi connectivity index (χ2v) is 9.61. The maximum absolute atomic E-state index is 12.3. The minimum atomic E-state index is -0.524. The van der Waals surface area contributed by atoms with Gasteiger partial charge in [-0.05, 0) is 49.6 Å². The van der Waals surface area contributed by atoms with Gasteiger partial charge in [0.15, 0.2) is 0 Å². The number of rotatable bonds is 6. The van der Waals surface area contributed by atoms with E-state index in [9.17, 15) is 9.59 Å². The molecule has 7 nitrogen and oxygen atoms in total. The fourth-order valence-electron chi connectivity index (χ4n) is 3.65. The number of hydrogen-bond donors (Lipinski definition) is 0. The summed E-state index contributed by atoms with van der Waals surface area (Å²) in [6.45, 7) is 12.7. The molecular weight excluding hydrogens is 390 g/mol. The predicted molar refractivity (Wildman–Crippen MR) is 113 cm³/mol. The topological polar surface area (TPSA) is 62.3 Å². The number of carbonyl (C=O) groups excluding carboxylic acids is 2. The summed E-state index contributed by atoms with van der Waals surface area (Å²) < 4.78 is 10.9. The Kier molecular flexibility index (Phi) is 7.54. The van der Waals surface area contributed by atoms with Gasteiger partial charge in [0.2, 0.25) is 0 Å². The molecule has 2 fully saturated rings. The highest BCUT2D eigenvalue weighted by molar-refractivity contribution is 7.07. The Hall–Kier alpha value is -1.64. The van der Waals surface area contributed by atoms with Gasteiger partial charge in [-0.25, -0.2) is 4.79 Å². The van der Waals surface area contributed by atoms with Crippen LogP contribution in [-0.2, 0) is 20.8 Å². The summed E-state index contributed by atoms with van der Waals surface area (Å²) in [6.07, 6.45) is 0.285. The van der Waals surface area contributed by atoms with Crippen LogP contribution in [0.2, 0.25) is 0 Å². The van der Waals surface area contributed by atoms with Crippen molar-refractivity contribution in [1.29, 1.82) is 0 Å². The Labute approximate surface area is 177 Å². The molecule has 1 aromatic heterocycles. The number of hydrogen-bond acceptors (Lipinski definition) is 7. The molecule has 2 aliphatic rings. The molecule has 1 unspecified atom stereocenters. The average molecular weight is 424 g/mol. The van der Waals surface area contributed by atoms with Crippen LogP contribution in [0.3, 0.4) is 0 Å². The maximum Gasteiger partial charge on any atom is 0.410 e. The maximum atomic E-state index is 12.3. The van der Waals surface area contributed by atoms with E-state index in [1.165, 1.54) is 5.56 Å². The number of piperazine rings is 1. The summed E-state index contributed by atoms with van der Waals surface area (Å²) in [5, 5.41) is 4.33. The minimum absolute atomic E-state index is 0.202. The minimum Gasteiger partial charge on any atom is -0.464 e. The van der Waals surface area contributed by atoms with Crippen molar-refractivity contribution < 1.29 is 19.1 Å². The van der Waals surface area contributed by atoms with Crippen LogP contribution in [0.15, 0.2) is 16.8 Å². The highest BCUT2D eigenvalue weighted by Gasteiger charge is 2.34. The predicted octanol–water partition coefficient (Wildman–Crippen LogP) is 2.67.